The van der Waals surface area contributed by atoms with E-state index in [4.69, 9.17) is 14.6 Å². The van der Waals surface area contributed by atoms with E-state index in [9.17, 15) is 14.4 Å². The number of carbonyl (C=O) groups excluding carboxylic acids is 2. The molecule has 1 rings (SSSR count). The Morgan fingerprint density at radius 2 is 1.50 bits per heavy atom. The first-order chi connectivity index (χ1) is 9.51. The van der Waals surface area contributed by atoms with Gasteiger partial charge in [0.25, 0.3) is 0 Å². The van der Waals surface area contributed by atoms with Crippen LogP contribution in [0.15, 0.2) is 11.1 Å². The molecular weight excluding hydrogens is 264 g/mol. The highest BCUT2D eigenvalue weighted by Crippen LogP contribution is 2.31. The maximum absolute atomic E-state index is 11.9. The molecule has 0 amide bonds. The topological polar surface area (TPSA) is 89.9 Å². The summed E-state index contributed by atoms with van der Waals surface area (Å²) in [6.07, 6.45) is 1.66. The Bertz CT molecular complexity index is 393. The van der Waals surface area contributed by atoms with E-state index in [1.54, 1.807) is 13.8 Å². The molecule has 0 aromatic carbocycles. The summed E-state index contributed by atoms with van der Waals surface area (Å²) in [5, 5.41) is 8.95. The van der Waals surface area contributed by atoms with Crippen molar-refractivity contribution in [1.29, 1.82) is 0 Å². The van der Waals surface area contributed by atoms with Crippen LogP contribution in [0.2, 0.25) is 0 Å². The number of aliphatic carboxylic acids is 1. The minimum Gasteiger partial charge on any atom is -0.481 e. The van der Waals surface area contributed by atoms with Gasteiger partial charge in [0.15, 0.2) is 0 Å². The number of ether oxygens (including phenoxy) is 2. The number of allylic oxidation sites excluding steroid dienone is 1. The second-order valence-corrected chi connectivity index (χ2v) is 4.53. The van der Waals surface area contributed by atoms with Crippen LogP contribution in [0.4, 0.5) is 0 Å². The quantitative estimate of drug-likeness (QED) is 0.357. The number of hydrogen-bond acceptors (Lipinski definition) is 5. The highest BCUT2D eigenvalue weighted by Gasteiger charge is 2.30. The lowest BCUT2D eigenvalue weighted by Gasteiger charge is -2.22. The van der Waals surface area contributed by atoms with Crippen molar-refractivity contribution in [2.45, 2.75) is 39.5 Å². The van der Waals surface area contributed by atoms with Crippen LogP contribution in [0.5, 0.6) is 0 Å². The maximum Gasteiger partial charge on any atom is 0.345 e. The predicted octanol–water partition coefficient (Wildman–Crippen LogP) is 1.68. The van der Waals surface area contributed by atoms with E-state index in [-0.39, 0.29) is 18.8 Å². The zero-order valence-corrected chi connectivity index (χ0v) is 11.8. The van der Waals surface area contributed by atoms with E-state index in [0.29, 0.717) is 31.3 Å². The Balaban J connectivity index is 2.92. The number of hydrogen-bond donors (Lipinski definition) is 1. The second kappa shape index (κ2) is 7.67. The van der Waals surface area contributed by atoms with E-state index in [0.717, 1.165) is 0 Å². The Morgan fingerprint density at radius 3 is 1.85 bits per heavy atom. The molecule has 0 unspecified atom stereocenters. The molecule has 0 heterocycles. The molecular formula is C14H20O6. The van der Waals surface area contributed by atoms with E-state index in [2.05, 4.69) is 0 Å². The average Bonchev–Trinajstić information content (AvgIpc) is 2.40. The van der Waals surface area contributed by atoms with E-state index in [1.807, 2.05) is 0 Å². The molecule has 0 aromatic heterocycles. The summed E-state index contributed by atoms with van der Waals surface area (Å²) in [6.45, 7) is 3.67. The molecule has 112 valence electrons. The summed E-state index contributed by atoms with van der Waals surface area (Å²) in [7, 11) is 0. The Morgan fingerprint density at radius 1 is 1.05 bits per heavy atom. The zero-order valence-electron chi connectivity index (χ0n) is 11.8. The minimum absolute atomic E-state index is 0.0578. The van der Waals surface area contributed by atoms with Gasteiger partial charge in [0.1, 0.15) is 5.57 Å². The van der Waals surface area contributed by atoms with Crippen molar-refractivity contribution in [2.24, 2.45) is 5.92 Å². The van der Waals surface area contributed by atoms with Crippen molar-refractivity contribution in [3.05, 3.63) is 11.1 Å². The molecule has 0 spiro atoms. The average molecular weight is 284 g/mol. The summed E-state index contributed by atoms with van der Waals surface area (Å²) >= 11 is 0. The molecule has 1 fully saturated rings. The fraction of sp³-hybridized carbons (Fsp3) is 0.643. The van der Waals surface area contributed by atoms with Crippen molar-refractivity contribution in [2.75, 3.05) is 13.2 Å². The Kier molecular flexibility index (Phi) is 6.21. The summed E-state index contributed by atoms with van der Waals surface area (Å²) in [5.41, 5.74) is 0.580. The molecule has 1 aliphatic rings. The molecule has 6 nitrogen and oxygen atoms in total. The van der Waals surface area contributed by atoms with Crippen molar-refractivity contribution in [3.8, 4) is 0 Å². The lowest BCUT2D eigenvalue weighted by atomic mass is 9.83. The van der Waals surface area contributed by atoms with Gasteiger partial charge in [-0.2, -0.15) is 0 Å². The highest BCUT2D eigenvalue weighted by atomic mass is 16.6. The standard InChI is InChI=1S/C14H20O6/c1-3-19-13(17)11(14(18)20-4-2)9-5-7-10(8-6-9)12(15)16/h10H,3-8H2,1-2H3,(H,15,16). The molecule has 0 aromatic rings. The summed E-state index contributed by atoms with van der Waals surface area (Å²) < 4.78 is 9.77. The predicted molar refractivity (Wildman–Crippen MR) is 69.9 cm³/mol. The molecule has 6 heteroatoms. The first kappa shape index (κ1) is 16.2. The van der Waals surface area contributed by atoms with Crippen molar-refractivity contribution >= 4 is 17.9 Å². The SMILES string of the molecule is CCOC(=O)C(C(=O)OCC)=C1CCC(C(=O)O)CC1. The molecule has 0 bridgehead atoms. The highest BCUT2D eigenvalue weighted by molar-refractivity contribution is 6.14. The van der Waals surface area contributed by atoms with Crippen LogP contribution >= 0.6 is 0 Å². The van der Waals surface area contributed by atoms with Gasteiger partial charge >= 0.3 is 17.9 Å². The number of carboxylic acids is 1. The number of esters is 2. The van der Waals surface area contributed by atoms with Gasteiger partial charge < -0.3 is 14.6 Å². The van der Waals surface area contributed by atoms with Gasteiger partial charge in [0.2, 0.25) is 0 Å². The number of rotatable bonds is 5. The second-order valence-electron chi connectivity index (χ2n) is 4.53. The van der Waals surface area contributed by atoms with Gasteiger partial charge in [0.05, 0.1) is 19.1 Å². The monoisotopic (exact) mass is 284 g/mol. The van der Waals surface area contributed by atoms with Crippen LogP contribution in [0, 0.1) is 5.92 Å². The summed E-state index contributed by atoms with van der Waals surface area (Å²) in [4.78, 5) is 34.7. The maximum atomic E-state index is 11.9. The van der Waals surface area contributed by atoms with Gasteiger partial charge in [-0.3, -0.25) is 4.79 Å². The zero-order chi connectivity index (χ0) is 15.1. The molecule has 1 N–H and O–H groups in total. The largest absolute Gasteiger partial charge is 0.481 e. The van der Waals surface area contributed by atoms with Crippen LogP contribution in [0.1, 0.15) is 39.5 Å². The summed E-state index contributed by atoms with van der Waals surface area (Å²) in [5.74, 6) is -2.62. The first-order valence-electron chi connectivity index (χ1n) is 6.80. The van der Waals surface area contributed by atoms with Crippen molar-refractivity contribution < 1.29 is 29.0 Å². The summed E-state index contributed by atoms with van der Waals surface area (Å²) in [6, 6.07) is 0. The van der Waals surface area contributed by atoms with Gasteiger partial charge in [-0.1, -0.05) is 0 Å². The lowest BCUT2D eigenvalue weighted by Crippen LogP contribution is -2.24. The first-order valence-corrected chi connectivity index (χ1v) is 6.80. The van der Waals surface area contributed by atoms with E-state index >= 15 is 0 Å². The lowest BCUT2D eigenvalue weighted by molar-refractivity contribution is -0.146. The molecule has 0 saturated heterocycles. The van der Waals surface area contributed by atoms with Crippen LogP contribution in [0.3, 0.4) is 0 Å². The molecule has 1 saturated carbocycles. The van der Waals surface area contributed by atoms with Crippen molar-refractivity contribution in [1.82, 2.24) is 0 Å². The van der Waals surface area contributed by atoms with Crippen LogP contribution < -0.4 is 0 Å². The van der Waals surface area contributed by atoms with Crippen LogP contribution in [-0.2, 0) is 23.9 Å². The molecule has 0 radical (unpaired) electrons. The smallest absolute Gasteiger partial charge is 0.345 e. The molecule has 1 aliphatic carbocycles. The third kappa shape index (κ3) is 4.08. The van der Waals surface area contributed by atoms with Gasteiger partial charge in [-0.05, 0) is 45.1 Å². The minimum atomic E-state index is -0.835. The molecule has 0 atom stereocenters. The third-order valence-corrected chi connectivity index (χ3v) is 3.25. The van der Waals surface area contributed by atoms with Crippen molar-refractivity contribution in [3.63, 3.8) is 0 Å². The molecule has 0 aliphatic heterocycles. The van der Waals surface area contributed by atoms with Gasteiger partial charge in [0, 0.05) is 0 Å². The van der Waals surface area contributed by atoms with Crippen LogP contribution in [0.25, 0.3) is 0 Å². The number of carboxylic acid groups (broad SMARTS) is 1. The number of carbonyl (C=O) groups is 3. The Labute approximate surface area is 117 Å². The fourth-order valence-corrected chi connectivity index (χ4v) is 2.24. The van der Waals surface area contributed by atoms with E-state index in [1.165, 1.54) is 0 Å². The third-order valence-electron chi connectivity index (χ3n) is 3.25. The van der Waals surface area contributed by atoms with Gasteiger partial charge in [-0.25, -0.2) is 9.59 Å². The fourth-order valence-electron chi connectivity index (χ4n) is 2.24. The van der Waals surface area contributed by atoms with E-state index < -0.39 is 23.8 Å². The van der Waals surface area contributed by atoms with Crippen LogP contribution in [-0.4, -0.2) is 36.2 Å². The van der Waals surface area contributed by atoms with Gasteiger partial charge in [-0.15, -0.1) is 0 Å². The normalized spacial score (nSPS) is 18.3. The Hall–Kier alpha value is -1.85. The molecule has 20 heavy (non-hydrogen) atoms.